The monoisotopic (exact) mass is 390 g/mol. The molecule has 25 heavy (non-hydrogen) atoms. The molecule has 0 nitrogen and oxygen atoms in total. The molecule has 2 aliphatic rings. The number of hydrogen-bond acceptors (Lipinski definition) is 0. The Hall–Kier alpha value is -0.417. The molecule has 0 aromatic heterocycles. The van der Waals surface area contributed by atoms with Crippen LogP contribution in [0.1, 0.15) is 83.1 Å². The Kier molecular flexibility index (Phi) is 5.54. The molecule has 0 heterocycles. The summed E-state index contributed by atoms with van der Waals surface area (Å²) in [5.41, 5.74) is 13.1. The van der Waals surface area contributed by atoms with Crippen molar-refractivity contribution < 1.29 is 17.1 Å². The molecule has 0 atom stereocenters. The summed E-state index contributed by atoms with van der Waals surface area (Å²) < 4.78 is 0.748. The van der Waals surface area contributed by atoms with Gasteiger partial charge >= 0.3 is 165 Å². The van der Waals surface area contributed by atoms with Gasteiger partial charge in [-0.2, -0.15) is 0 Å². The summed E-state index contributed by atoms with van der Waals surface area (Å²) in [4.78, 5) is 0. The van der Waals surface area contributed by atoms with Crippen molar-refractivity contribution in [3.05, 3.63) is 44.6 Å². The van der Waals surface area contributed by atoms with E-state index in [1.54, 1.807) is 44.6 Å². The molecule has 0 spiro atoms. The van der Waals surface area contributed by atoms with Crippen molar-refractivity contribution in [1.29, 1.82) is 0 Å². The van der Waals surface area contributed by atoms with Crippen LogP contribution >= 0.6 is 0 Å². The first-order valence-corrected chi connectivity index (χ1v) is 13.1. The second-order valence-electron chi connectivity index (χ2n) is 9.43. The Morgan fingerprint density at radius 1 is 0.480 bits per heavy atom. The molecule has 0 bridgehead atoms. The molecular weight excluding hydrogens is 354 g/mol. The van der Waals surface area contributed by atoms with Gasteiger partial charge in [0.1, 0.15) is 0 Å². The van der Waals surface area contributed by atoms with Gasteiger partial charge in [0.05, 0.1) is 0 Å². The van der Waals surface area contributed by atoms with Gasteiger partial charge in [0.25, 0.3) is 0 Å². The fourth-order valence-corrected chi connectivity index (χ4v) is 14.1. The van der Waals surface area contributed by atoms with Crippen molar-refractivity contribution >= 4 is 0 Å². The molecule has 2 aliphatic carbocycles. The second kappa shape index (κ2) is 6.63. The normalized spacial score (nSPS) is 23.0. The average molecular weight is 392 g/mol. The summed E-state index contributed by atoms with van der Waals surface area (Å²) >= 11 is -1.09. The van der Waals surface area contributed by atoms with Crippen LogP contribution in [-0.4, -0.2) is 0 Å². The average Bonchev–Trinajstić information content (AvgIpc) is 2.81. The zero-order chi connectivity index (χ0) is 19.5. The van der Waals surface area contributed by atoms with Gasteiger partial charge in [0, 0.05) is 0 Å². The van der Waals surface area contributed by atoms with Gasteiger partial charge in [0.15, 0.2) is 0 Å². The van der Waals surface area contributed by atoms with E-state index in [1.165, 1.54) is 0 Å². The Morgan fingerprint density at radius 3 is 0.840 bits per heavy atom. The van der Waals surface area contributed by atoms with Crippen LogP contribution in [0.2, 0.25) is 8.02 Å². The fourth-order valence-electron chi connectivity index (χ4n) is 6.14. The van der Waals surface area contributed by atoms with Gasteiger partial charge in [-0.3, -0.25) is 0 Å². The molecule has 0 aromatic carbocycles. The van der Waals surface area contributed by atoms with Crippen molar-refractivity contribution in [1.82, 2.24) is 0 Å². The zero-order valence-electron chi connectivity index (χ0n) is 18.9. The molecule has 0 amide bonds. The van der Waals surface area contributed by atoms with Gasteiger partial charge in [-0.15, -0.1) is 0 Å². The van der Waals surface area contributed by atoms with Crippen molar-refractivity contribution in [2.75, 3.05) is 0 Å². The van der Waals surface area contributed by atoms with E-state index in [1.807, 2.05) is 0 Å². The van der Waals surface area contributed by atoms with E-state index in [-0.39, 0.29) is 0 Å². The van der Waals surface area contributed by atoms with E-state index >= 15 is 0 Å². The van der Waals surface area contributed by atoms with Crippen molar-refractivity contribution in [2.24, 2.45) is 11.8 Å². The second-order valence-corrected chi connectivity index (χ2v) is 14.9. The van der Waals surface area contributed by atoms with Crippen LogP contribution < -0.4 is 0 Å². The third-order valence-corrected chi connectivity index (χ3v) is 18.8. The molecule has 1 heteroatoms. The first-order chi connectivity index (χ1) is 11.4. The van der Waals surface area contributed by atoms with Crippen LogP contribution in [0.5, 0.6) is 0 Å². The Morgan fingerprint density at radius 2 is 0.680 bits per heavy atom. The number of rotatable bonds is 4. The van der Waals surface area contributed by atoms with Crippen LogP contribution in [0.15, 0.2) is 44.6 Å². The SMILES string of the molecule is CC1=C(C)[C]([Zn][C]2(C(C)C)C(C)=C(C)C(C)=C2C)(C(C)C)C(C)=C1C. The minimum absolute atomic E-state index is 0.374. The molecule has 0 saturated carbocycles. The minimum atomic E-state index is -1.09. The summed E-state index contributed by atoms with van der Waals surface area (Å²) in [6, 6.07) is 0. The zero-order valence-corrected chi connectivity index (χ0v) is 21.8. The van der Waals surface area contributed by atoms with E-state index in [4.69, 9.17) is 0 Å². The maximum absolute atomic E-state index is 2.48. The molecule has 0 aliphatic heterocycles. The van der Waals surface area contributed by atoms with E-state index < -0.39 is 17.1 Å². The van der Waals surface area contributed by atoms with Crippen molar-refractivity contribution in [3.8, 4) is 0 Å². The molecule has 0 N–H and O–H groups in total. The third kappa shape index (κ3) is 2.55. The molecule has 0 aromatic rings. The number of allylic oxidation sites excluding steroid dienone is 8. The maximum atomic E-state index is 2.48. The molecule has 2 rings (SSSR count). The number of hydrogen-bond donors (Lipinski definition) is 0. The van der Waals surface area contributed by atoms with Crippen molar-refractivity contribution in [2.45, 2.75) is 91.1 Å². The Bertz CT molecular complexity index is 609. The quantitative estimate of drug-likeness (QED) is 0.425. The Balaban J connectivity index is 2.77. The van der Waals surface area contributed by atoms with Crippen molar-refractivity contribution in [3.63, 3.8) is 0 Å². The van der Waals surface area contributed by atoms with Gasteiger partial charge in [-0.25, -0.2) is 0 Å². The van der Waals surface area contributed by atoms with E-state index in [0.29, 0.717) is 19.9 Å². The van der Waals surface area contributed by atoms with Crippen LogP contribution in [0.25, 0.3) is 0 Å². The summed E-state index contributed by atoms with van der Waals surface area (Å²) in [7, 11) is 0. The fraction of sp³-hybridized carbons (Fsp3) is 0.667. The predicted octanol–water partition coefficient (Wildman–Crippen LogP) is 8.07. The first kappa shape index (κ1) is 20.9. The van der Waals surface area contributed by atoms with E-state index in [0.717, 1.165) is 0 Å². The van der Waals surface area contributed by atoms with Crippen LogP contribution in [0, 0.1) is 11.8 Å². The van der Waals surface area contributed by atoms with Gasteiger partial charge in [-0.1, -0.05) is 0 Å². The molecule has 0 radical (unpaired) electrons. The summed E-state index contributed by atoms with van der Waals surface area (Å²) in [5, 5.41) is 0. The van der Waals surface area contributed by atoms with Gasteiger partial charge in [0.2, 0.25) is 0 Å². The summed E-state index contributed by atoms with van der Waals surface area (Å²) in [6.45, 7) is 29.1. The first-order valence-electron chi connectivity index (χ1n) is 10.1. The topological polar surface area (TPSA) is 0 Å². The summed E-state index contributed by atoms with van der Waals surface area (Å²) in [5.74, 6) is 1.38. The molecule has 0 unspecified atom stereocenters. The standard InChI is InChI=1S/2C12H19.Zn/c2*1-7(2)12-10(5)8(3)9(4)11(12)6;/h2*7H,1-6H3;. The molecule has 136 valence electrons. The predicted molar refractivity (Wildman–Crippen MR) is 109 cm³/mol. The van der Waals surface area contributed by atoms with Gasteiger partial charge < -0.3 is 0 Å². The van der Waals surface area contributed by atoms with Crippen LogP contribution in [0.3, 0.4) is 0 Å². The molecular formula is C24H38Zn. The van der Waals surface area contributed by atoms with Crippen LogP contribution in [0.4, 0.5) is 0 Å². The Labute approximate surface area is 164 Å². The molecule has 0 saturated heterocycles. The van der Waals surface area contributed by atoms with E-state index in [9.17, 15) is 0 Å². The van der Waals surface area contributed by atoms with Gasteiger partial charge in [-0.05, 0) is 0 Å². The summed E-state index contributed by atoms with van der Waals surface area (Å²) in [6.07, 6.45) is 0. The molecule has 0 fully saturated rings. The third-order valence-electron chi connectivity index (χ3n) is 8.58. The van der Waals surface area contributed by atoms with E-state index in [2.05, 4.69) is 83.1 Å². The van der Waals surface area contributed by atoms with Crippen LogP contribution in [-0.2, 0) is 17.1 Å².